The fourth-order valence-corrected chi connectivity index (χ4v) is 6.94. The van der Waals surface area contributed by atoms with E-state index in [1.165, 1.54) is 23.5 Å². The summed E-state index contributed by atoms with van der Waals surface area (Å²) < 4.78 is 26.5. The van der Waals surface area contributed by atoms with Gasteiger partial charge in [-0.15, -0.1) is 0 Å². The normalized spacial score (nSPS) is 31.3. The lowest BCUT2D eigenvalue weighted by atomic mass is 10.1. The molecule has 2 fully saturated rings. The molecule has 0 radical (unpaired) electrons. The summed E-state index contributed by atoms with van der Waals surface area (Å²) in [6.45, 7) is -0.969. The smallest absolute Gasteiger partial charge is 0.396 e. The molecule has 20 heteroatoms. The second-order valence-corrected chi connectivity index (χ2v) is 11.9. The summed E-state index contributed by atoms with van der Waals surface area (Å²) in [6, 6.07) is -1.52. The molecule has 0 bridgehead atoms. The van der Waals surface area contributed by atoms with E-state index in [0.29, 0.717) is 11.2 Å². The maximum Gasteiger partial charge on any atom is 0.472 e. The van der Waals surface area contributed by atoms with E-state index >= 15 is 0 Å². The number of imidazole rings is 2. The first-order valence-electron chi connectivity index (χ1n) is 12.9. The molecule has 9 atom stereocenters. The molecular formula is C22H29N10O9P. The molecule has 42 heavy (non-hydrogen) atoms. The molecule has 4 aromatic heterocycles. The zero-order chi connectivity index (χ0) is 29.9. The van der Waals surface area contributed by atoms with E-state index in [2.05, 4.69) is 29.9 Å². The van der Waals surface area contributed by atoms with E-state index in [4.69, 9.17) is 20.5 Å². The Morgan fingerprint density at radius 3 is 2.36 bits per heavy atom. The number of anilines is 2. The van der Waals surface area contributed by atoms with E-state index in [1.54, 1.807) is 4.57 Å². The summed E-state index contributed by atoms with van der Waals surface area (Å²) in [5, 5.41) is 42.4. The lowest BCUT2D eigenvalue weighted by Crippen LogP contribution is -2.33. The van der Waals surface area contributed by atoms with Gasteiger partial charge >= 0.3 is 7.82 Å². The Labute approximate surface area is 235 Å². The minimum absolute atomic E-state index is 0.0206. The summed E-state index contributed by atoms with van der Waals surface area (Å²) in [5.41, 5.74) is 11.6. The van der Waals surface area contributed by atoms with Crippen LogP contribution in [0.1, 0.15) is 24.9 Å². The van der Waals surface area contributed by atoms with Crippen molar-refractivity contribution < 1.29 is 38.9 Å². The van der Waals surface area contributed by atoms with Crippen molar-refractivity contribution in [1.29, 1.82) is 0 Å². The van der Waals surface area contributed by atoms with Crippen LogP contribution in [0.5, 0.6) is 0 Å². The minimum Gasteiger partial charge on any atom is -0.396 e. The number of hydrogen-bond acceptors (Lipinski definition) is 15. The van der Waals surface area contributed by atoms with Crippen LogP contribution in [0, 0.1) is 11.8 Å². The quantitative estimate of drug-likeness (QED) is 0.0986. The van der Waals surface area contributed by atoms with Crippen molar-refractivity contribution in [3.63, 3.8) is 0 Å². The van der Waals surface area contributed by atoms with Crippen LogP contribution in [-0.2, 0) is 13.6 Å². The second-order valence-electron chi connectivity index (χ2n) is 10.5. The van der Waals surface area contributed by atoms with Crippen LogP contribution < -0.4 is 17.0 Å². The van der Waals surface area contributed by atoms with Crippen LogP contribution in [0.4, 0.5) is 11.8 Å². The Balaban J connectivity index is 1.15. The monoisotopic (exact) mass is 608 g/mol. The summed E-state index contributed by atoms with van der Waals surface area (Å²) in [5.74, 6) is -1.59. The van der Waals surface area contributed by atoms with Gasteiger partial charge in [0.05, 0.1) is 37.4 Å². The number of phosphoric acid groups is 1. The SMILES string of the molecule is Nc1nc2c(ncn2[C@@H]2C[C@H](CO)[C@@H](OP(=O)(O)OC[C@H]3C[C@@H](n4cnc5c(N)ncnc54)[C@H](O)[C@@H]3O)[C@H]2O)c(=O)[nH]1. The van der Waals surface area contributed by atoms with Gasteiger partial charge in [0.25, 0.3) is 5.56 Å². The molecule has 1 unspecified atom stereocenters. The summed E-state index contributed by atoms with van der Waals surface area (Å²) in [7, 11) is -4.86. The third-order valence-electron chi connectivity index (χ3n) is 8.00. The highest BCUT2D eigenvalue weighted by Crippen LogP contribution is 2.51. The van der Waals surface area contributed by atoms with Crippen LogP contribution in [0.2, 0.25) is 0 Å². The molecule has 2 aliphatic carbocycles. The van der Waals surface area contributed by atoms with Gasteiger partial charge in [-0.1, -0.05) is 0 Å². The Hall–Kier alpha value is -3.55. The standard InChI is InChI=1S/C22H29N10O9P/c23-18-12-19(26-5-25-18)31(6-27-12)10-2-9(14(34)15(10)35)4-40-42(38,39)41-17-8(3-33)1-11(16(17)36)32-7-28-13-20(32)29-22(24)30-21(13)37/h5-11,14-17,33-36H,1-4H2,(H,38,39)(H2,23,25,26)(H3,24,29,30,37)/t8-,9-,10-,11-,14-,15+,16+,17-/m1/s1. The first-order valence-corrected chi connectivity index (χ1v) is 14.4. The molecule has 226 valence electrons. The number of nitrogen functional groups attached to an aromatic ring is 2. The number of H-pyrrole nitrogens is 1. The van der Waals surface area contributed by atoms with Crippen molar-refractivity contribution in [2.24, 2.45) is 11.8 Å². The van der Waals surface area contributed by atoms with Crippen molar-refractivity contribution in [2.45, 2.75) is 49.3 Å². The van der Waals surface area contributed by atoms with E-state index in [0.717, 1.165) is 0 Å². The molecule has 4 heterocycles. The van der Waals surface area contributed by atoms with E-state index in [9.17, 15) is 34.7 Å². The van der Waals surface area contributed by atoms with Crippen LogP contribution in [0.3, 0.4) is 0 Å². The maximum atomic E-state index is 13.0. The van der Waals surface area contributed by atoms with Crippen molar-refractivity contribution in [2.75, 3.05) is 24.7 Å². The zero-order valence-corrected chi connectivity index (χ0v) is 22.7. The molecule has 0 amide bonds. The number of rotatable bonds is 8. The van der Waals surface area contributed by atoms with Crippen molar-refractivity contribution in [1.82, 2.24) is 39.0 Å². The predicted molar refractivity (Wildman–Crippen MR) is 142 cm³/mol. The van der Waals surface area contributed by atoms with E-state index in [1.807, 2.05) is 0 Å². The fourth-order valence-electron chi connectivity index (χ4n) is 5.90. The molecule has 2 aliphatic rings. The van der Waals surface area contributed by atoms with Crippen molar-refractivity contribution in [3.8, 4) is 0 Å². The number of aliphatic hydroxyl groups is 4. The number of phosphoric ester groups is 1. The van der Waals surface area contributed by atoms with Gasteiger partial charge in [-0.2, -0.15) is 4.98 Å². The number of hydrogen-bond donors (Lipinski definition) is 8. The Kier molecular flexibility index (Phi) is 7.22. The largest absolute Gasteiger partial charge is 0.472 e. The first-order chi connectivity index (χ1) is 20.0. The highest BCUT2D eigenvalue weighted by atomic mass is 31.2. The Morgan fingerprint density at radius 2 is 1.62 bits per heavy atom. The highest BCUT2D eigenvalue weighted by Gasteiger charge is 2.49. The Bertz CT molecular complexity index is 1730. The number of aromatic amines is 1. The predicted octanol–water partition coefficient (Wildman–Crippen LogP) is -2.18. The number of nitrogens with zero attached hydrogens (tertiary/aromatic N) is 7. The zero-order valence-electron chi connectivity index (χ0n) is 21.8. The highest BCUT2D eigenvalue weighted by molar-refractivity contribution is 7.47. The molecule has 0 aliphatic heterocycles. The molecule has 4 aromatic rings. The van der Waals surface area contributed by atoms with E-state index < -0.39 is 74.9 Å². The van der Waals surface area contributed by atoms with Gasteiger partial charge in [0.2, 0.25) is 5.95 Å². The van der Waals surface area contributed by atoms with Gasteiger partial charge in [0.15, 0.2) is 22.6 Å². The second kappa shape index (κ2) is 10.6. The summed E-state index contributed by atoms with van der Waals surface area (Å²) >= 11 is 0. The third-order valence-corrected chi connectivity index (χ3v) is 8.99. The van der Waals surface area contributed by atoms with Crippen molar-refractivity contribution in [3.05, 3.63) is 29.3 Å². The van der Waals surface area contributed by atoms with Gasteiger partial charge < -0.3 is 45.9 Å². The van der Waals surface area contributed by atoms with E-state index in [-0.39, 0.29) is 35.8 Å². The van der Waals surface area contributed by atoms with Gasteiger partial charge in [0, 0.05) is 18.4 Å². The third kappa shape index (κ3) is 4.82. The fraction of sp³-hybridized carbons (Fsp3) is 0.545. The number of fused-ring (bicyclic) bond motifs is 2. The lowest BCUT2D eigenvalue weighted by Gasteiger charge is -2.25. The van der Waals surface area contributed by atoms with Crippen LogP contribution >= 0.6 is 7.82 Å². The molecule has 0 aromatic carbocycles. The summed E-state index contributed by atoms with van der Waals surface area (Å²) in [6.07, 6.45) is -1.22. The molecule has 10 N–H and O–H groups in total. The number of aromatic nitrogens is 8. The summed E-state index contributed by atoms with van der Waals surface area (Å²) in [4.78, 5) is 45.3. The molecule has 0 spiro atoms. The van der Waals surface area contributed by atoms with Crippen molar-refractivity contribution >= 4 is 41.9 Å². The number of nitrogens with one attached hydrogen (secondary N) is 1. The first kappa shape index (κ1) is 28.6. The molecule has 6 rings (SSSR count). The maximum absolute atomic E-state index is 13.0. The molecule has 2 saturated carbocycles. The van der Waals surface area contributed by atoms with Crippen LogP contribution in [0.25, 0.3) is 22.3 Å². The van der Waals surface area contributed by atoms with Crippen LogP contribution in [-0.4, -0.2) is 102 Å². The molecule has 0 saturated heterocycles. The molecular weight excluding hydrogens is 579 g/mol. The van der Waals surface area contributed by atoms with Gasteiger partial charge in [-0.3, -0.25) is 18.8 Å². The van der Waals surface area contributed by atoms with Gasteiger partial charge in [-0.25, -0.2) is 24.5 Å². The number of nitrogens with two attached hydrogens (primary N) is 2. The number of aliphatic hydroxyl groups excluding tert-OH is 4. The van der Waals surface area contributed by atoms with Gasteiger partial charge in [0.1, 0.15) is 30.2 Å². The topological polar surface area (TPSA) is 296 Å². The van der Waals surface area contributed by atoms with Gasteiger partial charge in [-0.05, 0) is 12.8 Å². The Morgan fingerprint density at radius 1 is 0.952 bits per heavy atom. The molecule has 19 nitrogen and oxygen atoms in total. The minimum atomic E-state index is -4.86. The lowest BCUT2D eigenvalue weighted by molar-refractivity contribution is -0.0228. The van der Waals surface area contributed by atoms with Crippen LogP contribution in [0.15, 0.2) is 23.8 Å². The average molecular weight is 609 g/mol. The average Bonchev–Trinajstić information content (AvgIpc) is 3.69.